The average Bonchev–Trinajstić information content (AvgIpc) is 2.18. The zero-order chi connectivity index (χ0) is 10.9. The number of piperidine rings is 1. The molecule has 1 aliphatic carbocycles. The third kappa shape index (κ3) is 2.34. The number of hydrogen-bond acceptors (Lipinski definition) is 1. The van der Waals surface area contributed by atoms with Crippen LogP contribution in [-0.4, -0.2) is 29.4 Å². The first-order valence-corrected chi connectivity index (χ1v) is 6.99. The van der Waals surface area contributed by atoms with Crippen LogP contribution < -0.4 is 0 Å². The van der Waals surface area contributed by atoms with Gasteiger partial charge in [0.2, 0.25) is 0 Å². The van der Waals surface area contributed by atoms with Gasteiger partial charge in [-0.1, -0.05) is 13.3 Å². The molecule has 0 radical (unpaired) electrons. The fraction of sp³-hybridized carbons (Fsp3) is 1.00. The second-order valence-corrected chi connectivity index (χ2v) is 6.14. The highest BCUT2D eigenvalue weighted by molar-refractivity contribution is 6.21. The maximum Gasteiger partial charge on any atom is 0.0489 e. The largest absolute Gasteiger partial charge is 0.299 e. The van der Waals surface area contributed by atoms with Gasteiger partial charge in [0.05, 0.1) is 0 Å². The van der Waals surface area contributed by atoms with Crippen molar-refractivity contribution >= 4 is 11.6 Å². The third-order valence-electron chi connectivity index (χ3n) is 4.73. The summed E-state index contributed by atoms with van der Waals surface area (Å²) in [6.07, 6.45) is 8.18. The predicted octanol–water partition coefficient (Wildman–Crippen LogP) is 3.66. The molecule has 0 bridgehead atoms. The Hall–Kier alpha value is 0.250. The van der Waals surface area contributed by atoms with Gasteiger partial charge in [-0.25, -0.2) is 0 Å². The van der Waals surface area contributed by atoms with E-state index in [9.17, 15) is 0 Å². The van der Waals surface area contributed by atoms with Crippen molar-refractivity contribution in [2.24, 2.45) is 5.41 Å². The SMILES string of the molecule is CCC1(CN2CCCC(Cl)C2C)CCC1. The maximum absolute atomic E-state index is 6.35. The van der Waals surface area contributed by atoms with E-state index < -0.39 is 0 Å². The standard InChI is InChI=1S/C13H24ClN/c1-3-13(7-5-8-13)10-15-9-4-6-12(14)11(15)2/h11-12H,3-10H2,1-2H3. The number of nitrogens with zero attached hydrogens (tertiary/aromatic N) is 1. The van der Waals surface area contributed by atoms with Gasteiger partial charge < -0.3 is 0 Å². The van der Waals surface area contributed by atoms with Crippen LogP contribution >= 0.6 is 11.6 Å². The van der Waals surface area contributed by atoms with Crippen LogP contribution in [0.1, 0.15) is 52.4 Å². The summed E-state index contributed by atoms with van der Waals surface area (Å²) >= 11 is 6.35. The molecule has 0 amide bonds. The zero-order valence-corrected chi connectivity index (χ0v) is 10.9. The van der Waals surface area contributed by atoms with Crippen LogP contribution in [0.5, 0.6) is 0 Å². The highest BCUT2D eigenvalue weighted by Gasteiger charge is 2.39. The Balaban J connectivity index is 1.92. The molecule has 0 aromatic heterocycles. The highest BCUT2D eigenvalue weighted by atomic mass is 35.5. The van der Waals surface area contributed by atoms with Gasteiger partial charge in [0.1, 0.15) is 0 Å². The number of likely N-dealkylation sites (tertiary alicyclic amines) is 1. The van der Waals surface area contributed by atoms with E-state index in [-0.39, 0.29) is 0 Å². The highest BCUT2D eigenvalue weighted by Crippen LogP contribution is 2.45. The van der Waals surface area contributed by atoms with E-state index in [1.165, 1.54) is 51.6 Å². The minimum absolute atomic E-state index is 0.382. The summed E-state index contributed by atoms with van der Waals surface area (Å²) in [5.41, 5.74) is 0.655. The molecule has 88 valence electrons. The van der Waals surface area contributed by atoms with Crippen molar-refractivity contribution in [2.75, 3.05) is 13.1 Å². The first kappa shape index (κ1) is 11.7. The van der Waals surface area contributed by atoms with Crippen molar-refractivity contribution in [3.05, 3.63) is 0 Å². The van der Waals surface area contributed by atoms with Crippen molar-refractivity contribution < 1.29 is 0 Å². The molecule has 0 N–H and O–H groups in total. The summed E-state index contributed by atoms with van der Waals surface area (Å²) in [6, 6.07) is 0.587. The van der Waals surface area contributed by atoms with Gasteiger partial charge in [-0.2, -0.15) is 0 Å². The first-order valence-electron chi connectivity index (χ1n) is 6.55. The normalized spacial score (nSPS) is 36.2. The molecule has 15 heavy (non-hydrogen) atoms. The van der Waals surface area contributed by atoms with E-state index >= 15 is 0 Å². The summed E-state index contributed by atoms with van der Waals surface area (Å²) in [5.74, 6) is 0. The van der Waals surface area contributed by atoms with Gasteiger partial charge in [-0.05, 0) is 51.0 Å². The Labute approximate surface area is 99.2 Å². The molecule has 0 spiro atoms. The third-order valence-corrected chi connectivity index (χ3v) is 5.31. The molecule has 1 saturated heterocycles. The fourth-order valence-electron chi connectivity index (χ4n) is 3.12. The Morgan fingerprint density at radius 3 is 2.60 bits per heavy atom. The fourth-order valence-corrected chi connectivity index (χ4v) is 3.43. The number of halogens is 1. The van der Waals surface area contributed by atoms with Crippen LogP contribution in [0.4, 0.5) is 0 Å². The lowest BCUT2D eigenvalue weighted by Crippen LogP contribution is -2.50. The van der Waals surface area contributed by atoms with Crippen LogP contribution in [0.15, 0.2) is 0 Å². The summed E-state index contributed by atoms with van der Waals surface area (Å²) in [7, 11) is 0. The molecule has 0 aromatic rings. The molecule has 2 aliphatic rings. The lowest BCUT2D eigenvalue weighted by Gasteiger charge is -2.48. The Kier molecular flexibility index (Phi) is 3.62. The van der Waals surface area contributed by atoms with E-state index in [1.807, 2.05) is 0 Å². The summed E-state index contributed by atoms with van der Waals surface area (Å²) in [4.78, 5) is 2.64. The van der Waals surface area contributed by atoms with Crippen LogP contribution in [0.25, 0.3) is 0 Å². The molecule has 2 atom stereocenters. The summed E-state index contributed by atoms with van der Waals surface area (Å²) in [5, 5.41) is 0.382. The predicted molar refractivity (Wildman–Crippen MR) is 66.5 cm³/mol. The molecule has 2 rings (SSSR count). The van der Waals surface area contributed by atoms with Crippen molar-refractivity contribution in [3.8, 4) is 0 Å². The van der Waals surface area contributed by atoms with Gasteiger partial charge in [0.15, 0.2) is 0 Å². The van der Waals surface area contributed by atoms with E-state index in [4.69, 9.17) is 11.6 Å². The van der Waals surface area contributed by atoms with Crippen molar-refractivity contribution in [1.82, 2.24) is 4.90 Å². The zero-order valence-electron chi connectivity index (χ0n) is 10.1. The van der Waals surface area contributed by atoms with Crippen LogP contribution in [-0.2, 0) is 0 Å². The Morgan fingerprint density at radius 2 is 2.07 bits per heavy atom. The molecule has 1 aliphatic heterocycles. The molecular weight excluding hydrogens is 206 g/mol. The summed E-state index contributed by atoms with van der Waals surface area (Å²) < 4.78 is 0. The van der Waals surface area contributed by atoms with E-state index in [0.29, 0.717) is 16.8 Å². The van der Waals surface area contributed by atoms with Gasteiger partial charge >= 0.3 is 0 Å². The molecule has 1 heterocycles. The minimum Gasteiger partial charge on any atom is -0.299 e. The van der Waals surface area contributed by atoms with Gasteiger partial charge in [-0.15, -0.1) is 11.6 Å². The Morgan fingerprint density at radius 1 is 1.33 bits per heavy atom. The maximum atomic E-state index is 6.35. The quantitative estimate of drug-likeness (QED) is 0.668. The van der Waals surface area contributed by atoms with Gasteiger partial charge in [0.25, 0.3) is 0 Å². The Bertz CT molecular complexity index is 207. The molecule has 2 fully saturated rings. The van der Waals surface area contributed by atoms with Crippen LogP contribution in [0.2, 0.25) is 0 Å². The van der Waals surface area contributed by atoms with Crippen LogP contribution in [0, 0.1) is 5.41 Å². The molecular formula is C13H24ClN. The second-order valence-electron chi connectivity index (χ2n) is 5.58. The second kappa shape index (κ2) is 4.63. The van der Waals surface area contributed by atoms with E-state index in [0.717, 1.165) is 0 Å². The smallest absolute Gasteiger partial charge is 0.0489 e. The monoisotopic (exact) mass is 229 g/mol. The first-order chi connectivity index (χ1) is 7.17. The topological polar surface area (TPSA) is 3.24 Å². The minimum atomic E-state index is 0.382. The molecule has 1 saturated carbocycles. The molecule has 1 nitrogen and oxygen atoms in total. The van der Waals surface area contributed by atoms with Crippen molar-refractivity contribution in [1.29, 1.82) is 0 Å². The molecule has 2 heteroatoms. The van der Waals surface area contributed by atoms with E-state index in [1.54, 1.807) is 0 Å². The van der Waals surface area contributed by atoms with E-state index in [2.05, 4.69) is 18.7 Å². The van der Waals surface area contributed by atoms with Crippen molar-refractivity contribution in [3.63, 3.8) is 0 Å². The number of alkyl halides is 1. The molecule has 2 unspecified atom stereocenters. The van der Waals surface area contributed by atoms with Crippen molar-refractivity contribution in [2.45, 2.75) is 63.8 Å². The van der Waals surface area contributed by atoms with Crippen LogP contribution in [0.3, 0.4) is 0 Å². The van der Waals surface area contributed by atoms with Gasteiger partial charge in [0, 0.05) is 18.0 Å². The molecule has 0 aromatic carbocycles. The lowest BCUT2D eigenvalue weighted by molar-refractivity contribution is 0.0322. The van der Waals surface area contributed by atoms with Gasteiger partial charge in [-0.3, -0.25) is 4.90 Å². The summed E-state index contributed by atoms with van der Waals surface area (Å²) in [6.45, 7) is 7.23. The lowest BCUT2D eigenvalue weighted by atomic mass is 9.66. The number of hydrogen-bond donors (Lipinski definition) is 0. The average molecular weight is 230 g/mol. The number of rotatable bonds is 3.